The van der Waals surface area contributed by atoms with Crippen LogP contribution in [0, 0.1) is 11.8 Å². The highest BCUT2D eigenvalue weighted by Gasteiger charge is 2.27. The number of aromatic nitrogens is 2. The predicted molar refractivity (Wildman–Crippen MR) is 82.5 cm³/mol. The topological polar surface area (TPSA) is 84.1 Å². The number of rotatable bonds is 5. The molecule has 1 fully saturated rings. The van der Waals surface area contributed by atoms with E-state index in [1.54, 1.807) is 6.07 Å². The lowest BCUT2D eigenvalue weighted by molar-refractivity contribution is -0.146. The van der Waals surface area contributed by atoms with Crippen molar-refractivity contribution in [1.29, 1.82) is 0 Å². The molecule has 1 heterocycles. The molecule has 0 spiro atoms. The van der Waals surface area contributed by atoms with Gasteiger partial charge >= 0.3 is 5.97 Å². The molecule has 0 unspecified atom stereocenters. The number of carbonyl (C=O) groups excluding carboxylic acids is 2. The molecule has 1 saturated carbocycles. The highest BCUT2D eigenvalue weighted by atomic mass is 16.5. The minimum atomic E-state index is -0.141. The van der Waals surface area contributed by atoms with Crippen molar-refractivity contribution in [2.24, 2.45) is 11.8 Å². The number of methoxy groups -OCH3 is 1. The number of aromatic amines is 1. The number of nitrogens with one attached hydrogen (secondary N) is 2. The van der Waals surface area contributed by atoms with Crippen molar-refractivity contribution in [3.05, 3.63) is 17.5 Å². The van der Waals surface area contributed by atoms with E-state index in [1.165, 1.54) is 7.11 Å². The molecule has 122 valence electrons. The van der Waals surface area contributed by atoms with Crippen LogP contribution in [-0.4, -0.2) is 35.7 Å². The quantitative estimate of drug-likeness (QED) is 0.817. The second-order valence-corrected chi connectivity index (χ2v) is 6.31. The average molecular weight is 307 g/mol. The van der Waals surface area contributed by atoms with Gasteiger partial charge in [-0.05, 0) is 43.6 Å². The maximum absolute atomic E-state index is 12.1. The zero-order valence-electron chi connectivity index (χ0n) is 13.5. The summed E-state index contributed by atoms with van der Waals surface area (Å²) in [6.07, 6.45) is 3.57. The fourth-order valence-electron chi connectivity index (χ4n) is 2.85. The summed E-state index contributed by atoms with van der Waals surface area (Å²) in [5, 5.41) is 9.88. The Balaban J connectivity index is 1.76. The Morgan fingerprint density at radius 1 is 1.36 bits per heavy atom. The second kappa shape index (κ2) is 7.42. The number of hydrogen-bond donors (Lipinski definition) is 2. The average Bonchev–Trinajstić information content (AvgIpc) is 3.02. The highest BCUT2D eigenvalue weighted by Crippen LogP contribution is 2.29. The van der Waals surface area contributed by atoms with Gasteiger partial charge in [0, 0.05) is 12.2 Å². The van der Waals surface area contributed by atoms with Crippen LogP contribution < -0.4 is 5.32 Å². The second-order valence-electron chi connectivity index (χ2n) is 6.31. The van der Waals surface area contributed by atoms with Crippen LogP contribution in [0.25, 0.3) is 0 Å². The molecule has 0 bridgehead atoms. The minimum Gasteiger partial charge on any atom is -0.469 e. The fraction of sp³-hybridized carbons (Fsp3) is 0.688. The van der Waals surface area contributed by atoms with E-state index in [1.807, 2.05) is 0 Å². The van der Waals surface area contributed by atoms with E-state index in [0.717, 1.165) is 31.4 Å². The van der Waals surface area contributed by atoms with E-state index < -0.39 is 0 Å². The lowest BCUT2D eigenvalue weighted by Gasteiger charge is -2.26. The first-order valence-electron chi connectivity index (χ1n) is 7.92. The van der Waals surface area contributed by atoms with Crippen molar-refractivity contribution < 1.29 is 14.3 Å². The van der Waals surface area contributed by atoms with Gasteiger partial charge in [0.2, 0.25) is 0 Å². The smallest absolute Gasteiger partial charge is 0.308 e. The largest absolute Gasteiger partial charge is 0.469 e. The van der Waals surface area contributed by atoms with Crippen LogP contribution in [0.1, 0.15) is 61.6 Å². The molecule has 6 nitrogen and oxygen atoms in total. The van der Waals surface area contributed by atoms with Crippen LogP contribution in [-0.2, 0) is 9.53 Å². The van der Waals surface area contributed by atoms with E-state index in [-0.39, 0.29) is 17.8 Å². The molecule has 1 aromatic heterocycles. The van der Waals surface area contributed by atoms with Gasteiger partial charge in [0.1, 0.15) is 5.69 Å². The van der Waals surface area contributed by atoms with Gasteiger partial charge in [-0.3, -0.25) is 14.7 Å². The van der Waals surface area contributed by atoms with Crippen LogP contribution in [0.5, 0.6) is 0 Å². The Kier molecular flexibility index (Phi) is 5.57. The van der Waals surface area contributed by atoms with E-state index in [4.69, 9.17) is 4.74 Å². The molecule has 22 heavy (non-hydrogen) atoms. The molecule has 6 heteroatoms. The molecule has 0 aromatic carbocycles. The van der Waals surface area contributed by atoms with Gasteiger partial charge in [-0.2, -0.15) is 5.10 Å². The van der Waals surface area contributed by atoms with Crippen molar-refractivity contribution in [3.63, 3.8) is 0 Å². The molecule has 2 N–H and O–H groups in total. The van der Waals surface area contributed by atoms with Gasteiger partial charge in [0.05, 0.1) is 13.0 Å². The predicted octanol–water partition coefficient (Wildman–Crippen LogP) is 2.24. The Morgan fingerprint density at radius 2 is 2.05 bits per heavy atom. The van der Waals surface area contributed by atoms with E-state index >= 15 is 0 Å². The van der Waals surface area contributed by atoms with Gasteiger partial charge < -0.3 is 10.1 Å². The lowest BCUT2D eigenvalue weighted by atomic mass is 9.82. The summed E-state index contributed by atoms with van der Waals surface area (Å²) in [7, 11) is 1.43. The molecule has 2 rings (SSSR count). The lowest BCUT2D eigenvalue weighted by Crippen LogP contribution is -2.32. The van der Waals surface area contributed by atoms with Crippen LogP contribution >= 0.6 is 0 Å². The van der Waals surface area contributed by atoms with Crippen LogP contribution in [0.4, 0.5) is 0 Å². The Hall–Kier alpha value is -1.85. The summed E-state index contributed by atoms with van der Waals surface area (Å²) in [6.45, 7) is 4.74. The number of H-pyrrole nitrogens is 1. The first-order chi connectivity index (χ1) is 10.5. The zero-order valence-corrected chi connectivity index (χ0v) is 13.5. The van der Waals surface area contributed by atoms with Gasteiger partial charge in [0.25, 0.3) is 5.91 Å². The third-order valence-corrected chi connectivity index (χ3v) is 4.38. The summed E-state index contributed by atoms with van der Waals surface area (Å²) in [5.41, 5.74) is 1.40. The molecule has 0 atom stereocenters. The molecule has 1 aromatic rings. The number of carbonyl (C=O) groups is 2. The van der Waals surface area contributed by atoms with Gasteiger partial charge in [-0.15, -0.1) is 0 Å². The summed E-state index contributed by atoms with van der Waals surface area (Å²) >= 11 is 0. The van der Waals surface area contributed by atoms with E-state index in [2.05, 4.69) is 29.4 Å². The van der Waals surface area contributed by atoms with Gasteiger partial charge in [0.15, 0.2) is 0 Å². The number of nitrogens with zero attached hydrogens (tertiary/aromatic N) is 1. The number of hydrogen-bond acceptors (Lipinski definition) is 4. The summed E-state index contributed by atoms with van der Waals surface area (Å²) in [5.74, 6) is 0.520. The number of ether oxygens (including phenoxy) is 1. The normalized spacial score (nSPS) is 21.6. The Bertz CT molecular complexity index is 516. The summed E-state index contributed by atoms with van der Waals surface area (Å²) in [6, 6.07) is 1.80. The zero-order chi connectivity index (χ0) is 16.1. The van der Waals surface area contributed by atoms with Gasteiger partial charge in [-0.1, -0.05) is 13.8 Å². The third-order valence-electron chi connectivity index (χ3n) is 4.38. The maximum Gasteiger partial charge on any atom is 0.308 e. The molecular weight excluding hydrogens is 282 g/mol. The molecule has 0 saturated heterocycles. The minimum absolute atomic E-state index is 0.0249. The van der Waals surface area contributed by atoms with Crippen molar-refractivity contribution in [2.45, 2.75) is 45.4 Å². The van der Waals surface area contributed by atoms with Crippen LogP contribution in [0.2, 0.25) is 0 Å². The van der Waals surface area contributed by atoms with E-state index in [0.29, 0.717) is 24.1 Å². The Labute approximate surface area is 131 Å². The summed E-state index contributed by atoms with van der Waals surface area (Å²) < 4.78 is 4.78. The SMILES string of the molecule is COC(=O)C1CCC(CNC(=O)c2cc(C(C)C)[nH]n2)CC1. The van der Waals surface area contributed by atoms with Crippen LogP contribution in [0.3, 0.4) is 0 Å². The first-order valence-corrected chi connectivity index (χ1v) is 7.92. The standard InChI is InChI=1S/C16H25N3O3/c1-10(2)13-8-14(19-18-13)15(20)17-9-11-4-6-12(7-5-11)16(21)22-3/h8,10-12H,4-7,9H2,1-3H3,(H,17,20)(H,18,19). The first kappa shape index (κ1) is 16.5. The monoisotopic (exact) mass is 307 g/mol. The number of amides is 1. The Morgan fingerprint density at radius 3 is 2.59 bits per heavy atom. The van der Waals surface area contributed by atoms with Crippen molar-refractivity contribution in [3.8, 4) is 0 Å². The van der Waals surface area contributed by atoms with Crippen molar-refractivity contribution in [2.75, 3.05) is 13.7 Å². The number of esters is 1. The fourth-order valence-corrected chi connectivity index (χ4v) is 2.85. The molecule has 0 aliphatic heterocycles. The molecule has 1 aliphatic rings. The van der Waals surface area contributed by atoms with E-state index in [9.17, 15) is 9.59 Å². The summed E-state index contributed by atoms with van der Waals surface area (Å²) in [4.78, 5) is 23.6. The molecule has 1 amide bonds. The van der Waals surface area contributed by atoms with Crippen LogP contribution in [0.15, 0.2) is 6.07 Å². The van der Waals surface area contributed by atoms with Gasteiger partial charge in [-0.25, -0.2) is 0 Å². The maximum atomic E-state index is 12.1. The molecular formula is C16H25N3O3. The molecule has 1 aliphatic carbocycles. The highest BCUT2D eigenvalue weighted by molar-refractivity contribution is 5.92. The van der Waals surface area contributed by atoms with Crippen molar-refractivity contribution >= 4 is 11.9 Å². The van der Waals surface area contributed by atoms with Crippen molar-refractivity contribution in [1.82, 2.24) is 15.5 Å². The third kappa shape index (κ3) is 4.08. The molecule has 0 radical (unpaired) electrons.